The number of aromatic nitrogens is 2. The Morgan fingerprint density at radius 1 is 1.20 bits per heavy atom. The van der Waals surface area contributed by atoms with E-state index in [9.17, 15) is 13.2 Å². The number of piperidine rings is 1. The highest BCUT2D eigenvalue weighted by Crippen LogP contribution is 2.30. The molecule has 0 atom stereocenters. The van der Waals surface area contributed by atoms with Gasteiger partial charge in [-0.1, -0.05) is 24.3 Å². The monoisotopic (exact) mass is 422 g/mol. The number of nitrogens with zero attached hydrogens (tertiary/aromatic N) is 4. The van der Waals surface area contributed by atoms with E-state index in [4.69, 9.17) is 0 Å². The van der Waals surface area contributed by atoms with Crippen LogP contribution in [0.1, 0.15) is 35.2 Å². The Balaban J connectivity index is 1.49. The fourth-order valence-corrected chi connectivity index (χ4v) is 3.74. The predicted molar refractivity (Wildman–Crippen MR) is 111 cm³/mol. The molecule has 2 N–H and O–H groups in total. The number of halogens is 3. The Morgan fingerprint density at radius 2 is 1.90 bits per heavy atom. The fraction of sp³-hybridized carbons (Fsp3) is 0.524. The molecule has 9 heteroatoms. The maximum atomic E-state index is 13.1. The van der Waals surface area contributed by atoms with Crippen LogP contribution in [0.3, 0.4) is 0 Å². The van der Waals surface area contributed by atoms with E-state index in [-0.39, 0.29) is 18.2 Å². The smallest absolute Gasteiger partial charge is 0.354 e. The Morgan fingerprint density at radius 3 is 2.53 bits per heavy atom. The van der Waals surface area contributed by atoms with E-state index in [1.165, 1.54) is 29.1 Å². The van der Waals surface area contributed by atoms with Gasteiger partial charge in [0.05, 0.1) is 0 Å². The van der Waals surface area contributed by atoms with Crippen LogP contribution in [-0.4, -0.2) is 46.8 Å². The predicted octanol–water partition coefficient (Wildman–Crippen LogP) is 3.08. The minimum atomic E-state index is -4.47. The molecule has 1 saturated heterocycles. The van der Waals surface area contributed by atoms with Crippen LogP contribution in [-0.2, 0) is 26.3 Å². The zero-order chi connectivity index (χ0) is 21.7. The molecule has 0 saturated carbocycles. The van der Waals surface area contributed by atoms with Gasteiger partial charge in [-0.15, -0.1) is 0 Å². The van der Waals surface area contributed by atoms with Gasteiger partial charge < -0.3 is 10.6 Å². The fourth-order valence-electron chi connectivity index (χ4n) is 3.74. The maximum absolute atomic E-state index is 13.1. The summed E-state index contributed by atoms with van der Waals surface area (Å²) in [5, 5.41) is 9.87. The van der Waals surface area contributed by atoms with Crippen LogP contribution in [0, 0.1) is 6.92 Å². The van der Waals surface area contributed by atoms with Crippen molar-refractivity contribution in [3.63, 3.8) is 0 Å². The average molecular weight is 422 g/mol. The van der Waals surface area contributed by atoms with Gasteiger partial charge in [0.15, 0.2) is 11.7 Å². The number of likely N-dealkylation sites (tertiary alicyclic amines) is 1. The molecule has 0 spiro atoms. The Bertz CT molecular complexity index is 866. The number of nitrogens with one attached hydrogen (secondary N) is 2. The molecule has 1 aromatic carbocycles. The molecular formula is C21H29F3N6. The van der Waals surface area contributed by atoms with Crippen molar-refractivity contribution in [2.45, 2.75) is 45.1 Å². The summed E-state index contributed by atoms with van der Waals surface area (Å²) in [6.45, 7) is 5.00. The van der Waals surface area contributed by atoms with Crippen molar-refractivity contribution in [1.29, 1.82) is 0 Å². The number of rotatable bonds is 5. The Hall–Kier alpha value is -2.55. The van der Waals surface area contributed by atoms with Gasteiger partial charge in [-0.2, -0.15) is 18.3 Å². The summed E-state index contributed by atoms with van der Waals surface area (Å²) in [7, 11) is 3.10. The molecule has 1 aliphatic heterocycles. The molecule has 3 rings (SSSR count). The minimum Gasteiger partial charge on any atom is -0.354 e. The van der Waals surface area contributed by atoms with Crippen molar-refractivity contribution in [2.24, 2.45) is 12.0 Å². The lowest BCUT2D eigenvalue weighted by Crippen LogP contribution is -2.48. The highest BCUT2D eigenvalue weighted by atomic mass is 19.4. The lowest BCUT2D eigenvalue weighted by atomic mass is 10.0. The number of hydrogen-bond acceptors (Lipinski definition) is 3. The van der Waals surface area contributed by atoms with Crippen molar-refractivity contribution in [3.05, 3.63) is 52.8 Å². The van der Waals surface area contributed by atoms with Crippen molar-refractivity contribution in [1.82, 2.24) is 25.3 Å². The molecule has 30 heavy (non-hydrogen) atoms. The van der Waals surface area contributed by atoms with Gasteiger partial charge in [-0.05, 0) is 30.9 Å². The lowest BCUT2D eigenvalue weighted by Gasteiger charge is -2.33. The van der Waals surface area contributed by atoms with Crippen LogP contribution in [0.4, 0.5) is 13.2 Å². The molecule has 1 aliphatic rings. The number of benzene rings is 1. The molecule has 0 radical (unpaired) electrons. The Labute approximate surface area is 175 Å². The van der Waals surface area contributed by atoms with E-state index in [0.717, 1.165) is 32.5 Å². The van der Waals surface area contributed by atoms with Crippen LogP contribution in [0.2, 0.25) is 0 Å². The van der Waals surface area contributed by atoms with Crippen LogP contribution < -0.4 is 10.6 Å². The van der Waals surface area contributed by atoms with Crippen LogP contribution >= 0.6 is 0 Å². The molecule has 1 fully saturated rings. The summed E-state index contributed by atoms with van der Waals surface area (Å²) in [6.07, 6.45) is -1.19. The van der Waals surface area contributed by atoms with Crippen LogP contribution in [0.15, 0.2) is 35.5 Å². The minimum absolute atomic E-state index is 0.00842. The highest BCUT2D eigenvalue weighted by molar-refractivity contribution is 5.80. The highest BCUT2D eigenvalue weighted by Gasteiger charge is 2.36. The second kappa shape index (κ2) is 9.51. The summed E-state index contributed by atoms with van der Waals surface area (Å²) in [4.78, 5) is 6.60. The standard InChI is InChI=1S/C21H29F3N6/c1-15-6-4-5-7-16(15)14-30-10-8-18(9-11-30)27-20(25-2)26-12-17-13-29(3)28-19(17)21(22,23)24/h4-7,13,18H,8-12,14H2,1-3H3,(H2,25,26,27). The van der Waals surface area contributed by atoms with Crippen molar-refractivity contribution >= 4 is 5.96 Å². The second-order valence-electron chi connectivity index (χ2n) is 7.72. The van der Waals surface area contributed by atoms with E-state index in [0.29, 0.717) is 5.96 Å². The number of aliphatic imine (C=N–C) groups is 1. The molecule has 0 bridgehead atoms. The van der Waals surface area contributed by atoms with E-state index in [1.54, 1.807) is 7.05 Å². The number of hydrogen-bond donors (Lipinski definition) is 2. The Kier molecular flexibility index (Phi) is 7.02. The number of alkyl halides is 3. The van der Waals surface area contributed by atoms with E-state index < -0.39 is 11.9 Å². The van der Waals surface area contributed by atoms with Gasteiger partial charge in [0.1, 0.15) is 0 Å². The van der Waals surface area contributed by atoms with Gasteiger partial charge in [0.2, 0.25) is 0 Å². The topological polar surface area (TPSA) is 57.5 Å². The first kappa shape index (κ1) is 22.1. The van der Waals surface area contributed by atoms with Gasteiger partial charge in [0.25, 0.3) is 0 Å². The van der Waals surface area contributed by atoms with Gasteiger partial charge in [-0.25, -0.2) is 0 Å². The first-order valence-corrected chi connectivity index (χ1v) is 10.1. The lowest BCUT2D eigenvalue weighted by molar-refractivity contribution is -0.142. The molecule has 2 aromatic rings. The molecule has 2 heterocycles. The SMILES string of the molecule is CN=C(NCc1cn(C)nc1C(F)(F)F)NC1CCN(Cc2ccccc2C)CC1. The third kappa shape index (κ3) is 5.75. The van der Waals surface area contributed by atoms with E-state index in [1.807, 2.05) is 0 Å². The van der Waals surface area contributed by atoms with Gasteiger partial charge >= 0.3 is 6.18 Å². The molecular weight excluding hydrogens is 393 g/mol. The van der Waals surface area contributed by atoms with Crippen LogP contribution in [0.25, 0.3) is 0 Å². The molecule has 6 nitrogen and oxygen atoms in total. The van der Waals surface area contributed by atoms with Gasteiger partial charge in [-0.3, -0.25) is 14.6 Å². The second-order valence-corrected chi connectivity index (χ2v) is 7.72. The molecule has 0 unspecified atom stereocenters. The van der Waals surface area contributed by atoms with E-state index in [2.05, 4.69) is 56.8 Å². The third-order valence-corrected chi connectivity index (χ3v) is 5.43. The van der Waals surface area contributed by atoms with Crippen molar-refractivity contribution < 1.29 is 13.2 Å². The number of aryl methyl sites for hydroxylation is 2. The summed E-state index contributed by atoms with van der Waals surface area (Å²) in [5.74, 6) is 0.504. The zero-order valence-electron chi connectivity index (χ0n) is 17.6. The third-order valence-electron chi connectivity index (χ3n) is 5.43. The zero-order valence-corrected chi connectivity index (χ0v) is 17.6. The van der Waals surface area contributed by atoms with E-state index >= 15 is 0 Å². The normalized spacial score (nSPS) is 16.7. The summed E-state index contributed by atoms with van der Waals surface area (Å²) in [5.41, 5.74) is 1.88. The quantitative estimate of drug-likeness (QED) is 0.574. The largest absolute Gasteiger partial charge is 0.435 e. The molecule has 0 amide bonds. The summed E-state index contributed by atoms with van der Waals surface area (Å²) < 4.78 is 40.5. The first-order valence-electron chi connectivity index (χ1n) is 10.1. The molecule has 0 aliphatic carbocycles. The van der Waals surface area contributed by atoms with Crippen molar-refractivity contribution in [2.75, 3.05) is 20.1 Å². The maximum Gasteiger partial charge on any atom is 0.435 e. The molecule has 164 valence electrons. The molecule has 1 aromatic heterocycles. The number of guanidine groups is 1. The van der Waals surface area contributed by atoms with Crippen LogP contribution in [0.5, 0.6) is 0 Å². The average Bonchev–Trinajstić information content (AvgIpc) is 3.09. The summed E-state index contributed by atoms with van der Waals surface area (Å²) in [6, 6.07) is 8.65. The first-order chi connectivity index (χ1) is 14.3. The van der Waals surface area contributed by atoms with Gasteiger partial charge in [0, 0.05) is 58.1 Å². The van der Waals surface area contributed by atoms with Crippen molar-refractivity contribution in [3.8, 4) is 0 Å². The summed E-state index contributed by atoms with van der Waals surface area (Å²) >= 11 is 0.